The van der Waals surface area contributed by atoms with E-state index in [0.717, 1.165) is 18.7 Å². The standard InChI is InChI=1S/C18H21N5O2S/c1-3-8-16-20-21-18(23(16)22-11-6-7-12-22)26-13-17(24)19-14-9-4-5-10-15(14)25-2/h4-7,9-12H,3,8,13H2,1-2H3,(H,19,24). The van der Waals surface area contributed by atoms with Crippen molar-refractivity contribution < 1.29 is 9.53 Å². The van der Waals surface area contributed by atoms with Gasteiger partial charge in [-0.1, -0.05) is 30.8 Å². The minimum absolute atomic E-state index is 0.126. The van der Waals surface area contributed by atoms with Crippen LogP contribution in [0.1, 0.15) is 19.2 Å². The second kappa shape index (κ2) is 8.57. The van der Waals surface area contributed by atoms with Crippen LogP contribution in [0.15, 0.2) is 53.9 Å². The van der Waals surface area contributed by atoms with E-state index in [1.165, 1.54) is 11.8 Å². The van der Waals surface area contributed by atoms with Crippen LogP contribution in [0.4, 0.5) is 5.69 Å². The van der Waals surface area contributed by atoms with Crippen LogP contribution in [0.5, 0.6) is 5.75 Å². The zero-order valence-corrected chi connectivity index (χ0v) is 15.6. The Morgan fingerprint density at radius 1 is 1.19 bits per heavy atom. The van der Waals surface area contributed by atoms with Gasteiger partial charge in [0.2, 0.25) is 11.1 Å². The quantitative estimate of drug-likeness (QED) is 0.616. The molecular formula is C18H21N5O2S. The number of aryl methyl sites for hydroxylation is 1. The molecule has 0 bridgehead atoms. The molecule has 0 fully saturated rings. The molecular weight excluding hydrogens is 350 g/mol. The maximum atomic E-state index is 12.3. The molecule has 0 aliphatic heterocycles. The molecule has 0 aliphatic carbocycles. The summed E-state index contributed by atoms with van der Waals surface area (Å²) < 4.78 is 9.11. The van der Waals surface area contributed by atoms with Gasteiger partial charge in [-0.25, -0.2) is 4.68 Å². The van der Waals surface area contributed by atoms with Crippen molar-refractivity contribution in [1.29, 1.82) is 0 Å². The lowest BCUT2D eigenvalue weighted by Crippen LogP contribution is -2.16. The molecule has 2 aromatic heterocycles. The van der Waals surface area contributed by atoms with Crippen LogP contribution in [-0.4, -0.2) is 38.3 Å². The molecule has 0 aliphatic rings. The number of hydrogen-bond acceptors (Lipinski definition) is 5. The molecule has 0 atom stereocenters. The fraction of sp³-hybridized carbons (Fsp3) is 0.278. The van der Waals surface area contributed by atoms with Gasteiger partial charge in [-0.3, -0.25) is 9.47 Å². The molecule has 0 saturated heterocycles. The van der Waals surface area contributed by atoms with Gasteiger partial charge in [0, 0.05) is 18.8 Å². The van der Waals surface area contributed by atoms with Crippen LogP contribution >= 0.6 is 11.8 Å². The average molecular weight is 371 g/mol. The molecule has 7 nitrogen and oxygen atoms in total. The number of carbonyl (C=O) groups is 1. The summed E-state index contributed by atoms with van der Waals surface area (Å²) in [4.78, 5) is 12.3. The van der Waals surface area contributed by atoms with Crippen LogP contribution in [0.2, 0.25) is 0 Å². The number of benzene rings is 1. The van der Waals surface area contributed by atoms with Gasteiger partial charge >= 0.3 is 0 Å². The van der Waals surface area contributed by atoms with Gasteiger partial charge in [-0.2, -0.15) is 0 Å². The van der Waals surface area contributed by atoms with Crippen molar-refractivity contribution in [1.82, 2.24) is 19.5 Å². The molecule has 0 radical (unpaired) electrons. The summed E-state index contributed by atoms with van der Waals surface area (Å²) in [6.45, 7) is 2.10. The van der Waals surface area contributed by atoms with Crippen LogP contribution < -0.4 is 10.1 Å². The summed E-state index contributed by atoms with van der Waals surface area (Å²) in [5.41, 5.74) is 0.652. The normalized spacial score (nSPS) is 10.7. The number of hydrogen-bond donors (Lipinski definition) is 1. The lowest BCUT2D eigenvalue weighted by molar-refractivity contribution is -0.113. The van der Waals surface area contributed by atoms with Gasteiger partial charge in [0.15, 0.2) is 5.82 Å². The first-order valence-corrected chi connectivity index (χ1v) is 9.35. The lowest BCUT2D eigenvalue weighted by atomic mass is 10.3. The zero-order valence-electron chi connectivity index (χ0n) is 14.8. The Morgan fingerprint density at radius 3 is 2.69 bits per heavy atom. The Kier molecular flexibility index (Phi) is 5.96. The summed E-state index contributed by atoms with van der Waals surface area (Å²) in [5.74, 6) is 1.60. The van der Waals surface area contributed by atoms with Crippen molar-refractivity contribution in [3.05, 3.63) is 54.6 Å². The van der Waals surface area contributed by atoms with E-state index in [2.05, 4.69) is 22.4 Å². The minimum atomic E-state index is -0.126. The summed E-state index contributed by atoms with van der Waals surface area (Å²) in [5, 5.41) is 12.1. The maximum absolute atomic E-state index is 12.3. The smallest absolute Gasteiger partial charge is 0.234 e. The summed E-state index contributed by atoms with van der Waals surface area (Å²) in [7, 11) is 1.58. The first-order valence-electron chi connectivity index (χ1n) is 8.36. The number of nitrogens with zero attached hydrogens (tertiary/aromatic N) is 4. The van der Waals surface area contributed by atoms with Gasteiger partial charge in [-0.15, -0.1) is 10.2 Å². The predicted octanol–water partition coefficient (Wildman–Crippen LogP) is 3.08. The fourth-order valence-electron chi connectivity index (χ4n) is 2.52. The van der Waals surface area contributed by atoms with Crippen molar-refractivity contribution >= 4 is 23.4 Å². The number of carbonyl (C=O) groups excluding carboxylic acids is 1. The van der Waals surface area contributed by atoms with Gasteiger partial charge in [0.1, 0.15) is 5.75 Å². The van der Waals surface area contributed by atoms with E-state index in [4.69, 9.17) is 4.74 Å². The average Bonchev–Trinajstić information content (AvgIpc) is 3.30. The zero-order chi connectivity index (χ0) is 18.4. The largest absolute Gasteiger partial charge is 0.495 e. The number of thioether (sulfide) groups is 1. The molecule has 1 aromatic carbocycles. The van der Waals surface area contributed by atoms with Crippen molar-refractivity contribution in [3.63, 3.8) is 0 Å². The number of aromatic nitrogens is 4. The van der Waals surface area contributed by atoms with Gasteiger partial charge in [-0.05, 0) is 30.7 Å². The molecule has 2 heterocycles. The monoisotopic (exact) mass is 371 g/mol. The molecule has 3 rings (SSSR count). The number of nitrogens with one attached hydrogen (secondary N) is 1. The third-order valence-electron chi connectivity index (χ3n) is 3.68. The highest BCUT2D eigenvalue weighted by atomic mass is 32.2. The predicted molar refractivity (Wildman–Crippen MR) is 102 cm³/mol. The number of ether oxygens (including phenoxy) is 1. The molecule has 1 amide bonds. The Morgan fingerprint density at radius 2 is 1.96 bits per heavy atom. The summed E-state index contributed by atoms with van der Waals surface area (Å²) >= 11 is 1.35. The Balaban J connectivity index is 1.71. The van der Waals surface area contributed by atoms with E-state index in [1.54, 1.807) is 7.11 Å². The third-order valence-corrected chi connectivity index (χ3v) is 4.60. The molecule has 0 spiro atoms. The Hall–Kier alpha value is -2.74. The second-order valence-electron chi connectivity index (χ2n) is 5.56. The maximum Gasteiger partial charge on any atom is 0.234 e. The van der Waals surface area contributed by atoms with Crippen LogP contribution in [0.3, 0.4) is 0 Å². The number of anilines is 1. The summed E-state index contributed by atoms with van der Waals surface area (Å²) in [6, 6.07) is 11.2. The van der Waals surface area contributed by atoms with E-state index < -0.39 is 0 Å². The topological polar surface area (TPSA) is 74.0 Å². The SMILES string of the molecule is CCCc1nnc(SCC(=O)Nc2ccccc2OC)n1-n1cccc1. The highest BCUT2D eigenvalue weighted by molar-refractivity contribution is 7.99. The molecule has 3 aromatic rings. The van der Waals surface area contributed by atoms with Crippen molar-refractivity contribution in [2.24, 2.45) is 0 Å². The first-order chi connectivity index (χ1) is 12.7. The molecule has 136 valence electrons. The van der Waals surface area contributed by atoms with Gasteiger partial charge in [0.25, 0.3) is 0 Å². The van der Waals surface area contributed by atoms with Gasteiger partial charge in [0.05, 0.1) is 18.6 Å². The van der Waals surface area contributed by atoms with Crippen molar-refractivity contribution in [2.45, 2.75) is 24.9 Å². The van der Waals surface area contributed by atoms with E-state index >= 15 is 0 Å². The van der Waals surface area contributed by atoms with E-state index in [0.29, 0.717) is 16.6 Å². The number of para-hydroxylation sites is 2. The lowest BCUT2D eigenvalue weighted by Gasteiger charge is -2.11. The fourth-order valence-corrected chi connectivity index (χ4v) is 3.27. The Bertz CT molecular complexity index is 860. The minimum Gasteiger partial charge on any atom is -0.495 e. The summed E-state index contributed by atoms with van der Waals surface area (Å²) in [6.07, 6.45) is 5.65. The molecule has 0 unspecified atom stereocenters. The highest BCUT2D eigenvalue weighted by Gasteiger charge is 2.15. The van der Waals surface area contributed by atoms with Gasteiger partial charge < -0.3 is 10.1 Å². The molecule has 8 heteroatoms. The van der Waals surface area contributed by atoms with E-state index in [-0.39, 0.29) is 11.7 Å². The number of methoxy groups -OCH3 is 1. The van der Waals surface area contributed by atoms with Crippen LogP contribution in [0.25, 0.3) is 0 Å². The highest BCUT2D eigenvalue weighted by Crippen LogP contribution is 2.24. The van der Waals surface area contributed by atoms with Crippen molar-refractivity contribution in [3.8, 4) is 5.75 Å². The van der Waals surface area contributed by atoms with E-state index in [1.807, 2.05) is 58.1 Å². The van der Waals surface area contributed by atoms with Crippen LogP contribution in [0, 0.1) is 0 Å². The molecule has 1 N–H and O–H groups in total. The van der Waals surface area contributed by atoms with Crippen molar-refractivity contribution in [2.75, 3.05) is 18.2 Å². The molecule has 26 heavy (non-hydrogen) atoms. The second-order valence-corrected chi connectivity index (χ2v) is 6.50. The first kappa shape index (κ1) is 18.1. The number of rotatable bonds is 8. The van der Waals surface area contributed by atoms with E-state index in [9.17, 15) is 4.79 Å². The molecule has 0 saturated carbocycles. The van der Waals surface area contributed by atoms with Crippen LogP contribution in [-0.2, 0) is 11.2 Å². The third kappa shape index (κ3) is 4.08. The number of amides is 1. The Labute approximate surface area is 156 Å².